The van der Waals surface area contributed by atoms with Crippen LogP contribution in [0.4, 0.5) is 0 Å². The second-order valence-electron chi connectivity index (χ2n) is 6.42. The molecule has 0 radical (unpaired) electrons. The zero-order chi connectivity index (χ0) is 19.3. The van der Waals surface area contributed by atoms with Crippen molar-refractivity contribution in [3.05, 3.63) is 46.8 Å². The molecule has 0 spiro atoms. The highest BCUT2D eigenvalue weighted by atomic mass is 32.2. The molecule has 8 heteroatoms. The van der Waals surface area contributed by atoms with E-state index in [2.05, 4.69) is 5.32 Å². The van der Waals surface area contributed by atoms with Crippen molar-refractivity contribution in [3.63, 3.8) is 0 Å². The number of carbonyl (C=O) groups excluding carboxylic acids is 1. The summed E-state index contributed by atoms with van der Waals surface area (Å²) in [7, 11) is -1.93. The number of thiophene rings is 1. The van der Waals surface area contributed by atoms with Crippen molar-refractivity contribution in [2.24, 2.45) is 0 Å². The first-order chi connectivity index (χ1) is 13.0. The monoisotopic (exact) mass is 408 g/mol. The number of nitrogens with one attached hydrogen (secondary N) is 1. The molecule has 27 heavy (non-hydrogen) atoms. The van der Waals surface area contributed by atoms with E-state index >= 15 is 0 Å². The fourth-order valence-corrected chi connectivity index (χ4v) is 6.06. The van der Waals surface area contributed by atoms with Crippen LogP contribution in [-0.4, -0.2) is 38.8 Å². The number of nitrogens with zero attached hydrogens (tertiary/aromatic N) is 1. The van der Waals surface area contributed by atoms with Crippen LogP contribution in [0.15, 0.2) is 40.6 Å². The molecule has 0 saturated carbocycles. The Labute approximate surface area is 164 Å². The molecule has 1 aliphatic rings. The largest absolute Gasteiger partial charge is 0.496 e. The predicted molar refractivity (Wildman–Crippen MR) is 106 cm³/mol. The normalized spacial score (nSPS) is 15.9. The number of ether oxygens (including phenoxy) is 1. The molecule has 1 aromatic carbocycles. The molecule has 1 aliphatic heterocycles. The Morgan fingerprint density at radius 3 is 2.52 bits per heavy atom. The van der Waals surface area contributed by atoms with E-state index in [1.165, 1.54) is 18.4 Å². The summed E-state index contributed by atoms with van der Waals surface area (Å²) in [5.41, 5.74) is 0.453. The van der Waals surface area contributed by atoms with E-state index < -0.39 is 10.0 Å². The van der Waals surface area contributed by atoms with E-state index in [1.54, 1.807) is 40.7 Å². The smallest absolute Gasteiger partial charge is 0.255 e. The summed E-state index contributed by atoms with van der Waals surface area (Å²) in [5, 5.41) is 2.83. The van der Waals surface area contributed by atoms with Crippen LogP contribution in [0, 0.1) is 0 Å². The number of methoxy groups -OCH3 is 1. The van der Waals surface area contributed by atoms with Crippen LogP contribution in [0.1, 0.15) is 40.9 Å². The van der Waals surface area contributed by atoms with Crippen LogP contribution in [0.2, 0.25) is 0 Å². The van der Waals surface area contributed by atoms with Crippen LogP contribution < -0.4 is 10.1 Å². The van der Waals surface area contributed by atoms with Gasteiger partial charge in [-0.1, -0.05) is 25.0 Å². The molecule has 1 amide bonds. The van der Waals surface area contributed by atoms with Crippen molar-refractivity contribution in [2.45, 2.75) is 36.4 Å². The van der Waals surface area contributed by atoms with Gasteiger partial charge in [-0.25, -0.2) is 8.42 Å². The van der Waals surface area contributed by atoms with E-state index in [1.807, 2.05) is 0 Å². The standard InChI is InChI=1S/C19H24N2O4S2/c1-25-17-9-5-4-8-16(17)19(22)20-14-15-10-11-18(26-15)27(23,24)21-12-6-2-3-7-13-21/h4-5,8-11H,2-3,6-7,12-14H2,1H3,(H,20,22). The minimum atomic E-state index is -3.45. The van der Waals surface area contributed by atoms with Crippen molar-refractivity contribution in [1.29, 1.82) is 0 Å². The number of rotatable bonds is 6. The van der Waals surface area contributed by atoms with Crippen molar-refractivity contribution in [3.8, 4) is 5.75 Å². The molecule has 2 aromatic rings. The molecule has 146 valence electrons. The van der Waals surface area contributed by atoms with Gasteiger partial charge in [0.15, 0.2) is 0 Å². The topological polar surface area (TPSA) is 75.7 Å². The highest BCUT2D eigenvalue weighted by Gasteiger charge is 2.26. The van der Waals surface area contributed by atoms with Gasteiger partial charge in [-0.05, 0) is 37.1 Å². The molecular formula is C19H24N2O4S2. The van der Waals surface area contributed by atoms with Gasteiger partial charge in [0.1, 0.15) is 9.96 Å². The number of sulfonamides is 1. The minimum Gasteiger partial charge on any atom is -0.496 e. The number of benzene rings is 1. The summed E-state index contributed by atoms with van der Waals surface area (Å²) in [6.45, 7) is 1.44. The summed E-state index contributed by atoms with van der Waals surface area (Å²) in [5.74, 6) is 0.253. The van der Waals surface area contributed by atoms with Gasteiger partial charge in [0.05, 0.1) is 19.2 Å². The van der Waals surface area contributed by atoms with Crippen LogP contribution >= 0.6 is 11.3 Å². The third-order valence-electron chi connectivity index (χ3n) is 4.57. The Balaban J connectivity index is 1.66. The molecule has 1 saturated heterocycles. The molecule has 0 unspecified atom stereocenters. The summed E-state index contributed by atoms with van der Waals surface area (Å²) < 4.78 is 32.8. The Bertz CT molecular complexity index is 885. The molecule has 1 fully saturated rings. The van der Waals surface area contributed by atoms with Crippen LogP contribution in [0.3, 0.4) is 0 Å². The Hall–Kier alpha value is -1.90. The fraction of sp³-hybridized carbons (Fsp3) is 0.421. The molecule has 1 N–H and O–H groups in total. The molecule has 2 heterocycles. The van der Waals surface area contributed by atoms with Gasteiger partial charge in [0.2, 0.25) is 0 Å². The molecule has 0 atom stereocenters. The van der Waals surface area contributed by atoms with E-state index in [0.29, 0.717) is 28.6 Å². The summed E-state index contributed by atoms with van der Waals surface area (Å²) >= 11 is 1.21. The third-order valence-corrected chi connectivity index (χ3v) is 8.02. The molecule has 1 aromatic heterocycles. The number of carbonyl (C=O) groups is 1. The second-order valence-corrected chi connectivity index (χ2v) is 9.76. The Morgan fingerprint density at radius 1 is 1.11 bits per heavy atom. The summed E-state index contributed by atoms with van der Waals surface area (Å²) in [6.07, 6.45) is 3.98. The highest BCUT2D eigenvalue weighted by molar-refractivity contribution is 7.91. The van der Waals surface area contributed by atoms with Crippen molar-refractivity contribution >= 4 is 27.3 Å². The zero-order valence-corrected chi connectivity index (χ0v) is 16.9. The SMILES string of the molecule is COc1ccccc1C(=O)NCc1ccc(S(=O)(=O)N2CCCCCC2)s1. The average molecular weight is 409 g/mol. The first-order valence-electron chi connectivity index (χ1n) is 9.02. The molecule has 6 nitrogen and oxygen atoms in total. The maximum Gasteiger partial charge on any atom is 0.255 e. The van der Waals surface area contributed by atoms with Crippen molar-refractivity contribution < 1.29 is 17.9 Å². The Morgan fingerprint density at radius 2 is 1.81 bits per heavy atom. The van der Waals surface area contributed by atoms with Gasteiger partial charge >= 0.3 is 0 Å². The summed E-state index contributed by atoms with van der Waals surface area (Å²) in [6, 6.07) is 10.4. The quantitative estimate of drug-likeness (QED) is 0.796. The lowest BCUT2D eigenvalue weighted by Crippen LogP contribution is -2.31. The number of amides is 1. The Kier molecular flexibility index (Phi) is 6.51. The van der Waals surface area contributed by atoms with E-state index in [4.69, 9.17) is 4.74 Å². The van der Waals surface area contributed by atoms with Gasteiger partial charge in [-0.3, -0.25) is 4.79 Å². The van der Waals surface area contributed by atoms with Crippen LogP contribution in [-0.2, 0) is 16.6 Å². The van der Waals surface area contributed by atoms with Crippen LogP contribution in [0.25, 0.3) is 0 Å². The molecule has 0 aliphatic carbocycles. The second kappa shape index (κ2) is 8.86. The van der Waals surface area contributed by atoms with Crippen molar-refractivity contribution in [2.75, 3.05) is 20.2 Å². The molecular weight excluding hydrogens is 384 g/mol. The maximum atomic E-state index is 12.8. The fourth-order valence-electron chi connectivity index (χ4n) is 3.10. The minimum absolute atomic E-state index is 0.252. The van der Waals surface area contributed by atoms with Crippen LogP contribution in [0.5, 0.6) is 5.75 Å². The lowest BCUT2D eigenvalue weighted by atomic mass is 10.2. The highest BCUT2D eigenvalue weighted by Crippen LogP contribution is 2.27. The number of para-hydroxylation sites is 1. The third kappa shape index (κ3) is 4.69. The first kappa shape index (κ1) is 19.9. The first-order valence-corrected chi connectivity index (χ1v) is 11.3. The lowest BCUT2D eigenvalue weighted by Gasteiger charge is -2.18. The molecule has 0 bridgehead atoms. The number of hydrogen-bond donors (Lipinski definition) is 1. The van der Waals surface area contributed by atoms with Gasteiger partial charge in [-0.15, -0.1) is 11.3 Å². The van der Waals surface area contributed by atoms with E-state index in [-0.39, 0.29) is 12.5 Å². The van der Waals surface area contributed by atoms with Gasteiger partial charge in [0.25, 0.3) is 15.9 Å². The zero-order valence-electron chi connectivity index (χ0n) is 15.3. The lowest BCUT2D eigenvalue weighted by molar-refractivity contribution is 0.0948. The molecule has 3 rings (SSSR count). The van der Waals surface area contributed by atoms with Gasteiger partial charge in [0, 0.05) is 18.0 Å². The van der Waals surface area contributed by atoms with Gasteiger partial charge < -0.3 is 10.1 Å². The average Bonchev–Trinajstić information content (AvgIpc) is 2.99. The summed E-state index contributed by atoms with van der Waals surface area (Å²) in [4.78, 5) is 13.2. The van der Waals surface area contributed by atoms with E-state index in [0.717, 1.165) is 30.6 Å². The number of hydrogen-bond acceptors (Lipinski definition) is 5. The van der Waals surface area contributed by atoms with E-state index in [9.17, 15) is 13.2 Å². The van der Waals surface area contributed by atoms with Crippen molar-refractivity contribution in [1.82, 2.24) is 9.62 Å². The van der Waals surface area contributed by atoms with Gasteiger partial charge in [-0.2, -0.15) is 4.31 Å². The maximum absolute atomic E-state index is 12.8. The predicted octanol–water partition coefficient (Wildman–Crippen LogP) is 3.25.